The summed E-state index contributed by atoms with van der Waals surface area (Å²) in [7, 11) is 0. The Hall–Kier alpha value is -2.24. The maximum atomic E-state index is 12.6. The van der Waals surface area contributed by atoms with Crippen molar-refractivity contribution >= 4 is 28.7 Å². The fraction of sp³-hybridized carbons (Fsp3) is 0.118. The number of benzene rings is 1. The number of thiophene rings is 1. The Kier molecular flexibility index (Phi) is 4.41. The summed E-state index contributed by atoms with van der Waals surface area (Å²) in [5, 5.41) is 6.85. The molecule has 0 saturated heterocycles. The summed E-state index contributed by atoms with van der Waals surface area (Å²) in [6.45, 7) is 1.67. The van der Waals surface area contributed by atoms with Crippen LogP contribution in [0.2, 0.25) is 5.02 Å². The smallest absolute Gasteiger partial charge is 0.267 e. The first kappa shape index (κ1) is 15.6. The van der Waals surface area contributed by atoms with Gasteiger partial charge in [0.05, 0.1) is 4.88 Å². The molecule has 1 atom stereocenters. The lowest BCUT2D eigenvalue weighted by molar-refractivity contribution is 0.0925. The third-order valence-corrected chi connectivity index (χ3v) is 4.62. The van der Waals surface area contributed by atoms with Gasteiger partial charge in [0.2, 0.25) is 0 Å². The van der Waals surface area contributed by atoms with Crippen molar-refractivity contribution in [3.05, 3.63) is 74.9 Å². The van der Waals surface area contributed by atoms with Crippen molar-refractivity contribution in [2.45, 2.75) is 13.0 Å². The standard InChI is InChI=1S/C17H13ClN2O2S/c1-11(17(22)12-4-6-13(18)7-5-12)20-16(21)9-8-14(19-20)15-3-2-10-23-15/h2-11H,1H3/t11-/m0/s1. The van der Waals surface area contributed by atoms with Crippen LogP contribution >= 0.6 is 22.9 Å². The zero-order chi connectivity index (χ0) is 16.4. The number of Topliss-reactive ketones (excluding diaryl/α,β-unsaturated/α-hetero) is 1. The van der Waals surface area contributed by atoms with Crippen LogP contribution in [0.5, 0.6) is 0 Å². The summed E-state index contributed by atoms with van der Waals surface area (Å²) in [5.74, 6) is -0.181. The molecule has 0 N–H and O–H groups in total. The molecule has 4 nitrogen and oxygen atoms in total. The molecule has 3 rings (SSSR count). The second-order valence-electron chi connectivity index (χ2n) is 5.03. The van der Waals surface area contributed by atoms with E-state index in [-0.39, 0.29) is 11.3 Å². The first-order chi connectivity index (χ1) is 11.1. The molecule has 0 unspecified atom stereocenters. The zero-order valence-corrected chi connectivity index (χ0v) is 13.8. The number of hydrogen-bond donors (Lipinski definition) is 0. The molecule has 116 valence electrons. The van der Waals surface area contributed by atoms with E-state index in [1.807, 2.05) is 17.5 Å². The molecule has 0 spiro atoms. The van der Waals surface area contributed by atoms with Gasteiger partial charge >= 0.3 is 0 Å². The molecule has 23 heavy (non-hydrogen) atoms. The van der Waals surface area contributed by atoms with Gasteiger partial charge in [0.1, 0.15) is 11.7 Å². The minimum atomic E-state index is -0.691. The predicted molar refractivity (Wildman–Crippen MR) is 92.3 cm³/mol. The summed E-state index contributed by atoms with van der Waals surface area (Å²) in [6, 6.07) is 12.9. The zero-order valence-electron chi connectivity index (χ0n) is 12.3. The number of rotatable bonds is 4. The Morgan fingerprint density at radius 3 is 2.57 bits per heavy atom. The molecule has 0 aliphatic carbocycles. The number of carbonyl (C=O) groups excluding carboxylic acids is 1. The van der Waals surface area contributed by atoms with Crippen molar-refractivity contribution in [3.63, 3.8) is 0 Å². The Morgan fingerprint density at radius 2 is 1.91 bits per heavy atom. The number of nitrogens with zero attached hydrogens (tertiary/aromatic N) is 2. The van der Waals surface area contributed by atoms with Crippen molar-refractivity contribution < 1.29 is 4.79 Å². The van der Waals surface area contributed by atoms with E-state index in [9.17, 15) is 9.59 Å². The van der Waals surface area contributed by atoms with Crippen LogP contribution in [0.1, 0.15) is 23.3 Å². The van der Waals surface area contributed by atoms with Crippen LogP contribution in [0.4, 0.5) is 0 Å². The average molecular weight is 345 g/mol. The summed E-state index contributed by atoms with van der Waals surface area (Å²) in [4.78, 5) is 25.6. The van der Waals surface area contributed by atoms with E-state index in [1.54, 1.807) is 37.3 Å². The third kappa shape index (κ3) is 3.25. The van der Waals surface area contributed by atoms with Crippen molar-refractivity contribution in [2.75, 3.05) is 0 Å². The van der Waals surface area contributed by atoms with Gasteiger partial charge in [-0.25, -0.2) is 4.68 Å². The van der Waals surface area contributed by atoms with Crippen molar-refractivity contribution in [1.29, 1.82) is 0 Å². The molecule has 0 radical (unpaired) electrons. The quantitative estimate of drug-likeness (QED) is 0.670. The summed E-state index contributed by atoms with van der Waals surface area (Å²) >= 11 is 7.37. The topological polar surface area (TPSA) is 52.0 Å². The van der Waals surface area contributed by atoms with Crippen LogP contribution < -0.4 is 5.56 Å². The van der Waals surface area contributed by atoms with Crippen LogP contribution in [0.25, 0.3) is 10.6 Å². The number of carbonyl (C=O) groups is 1. The van der Waals surface area contributed by atoms with Gasteiger partial charge in [-0.2, -0.15) is 5.10 Å². The lowest BCUT2D eigenvalue weighted by Gasteiger charge is -2.13. The van der Waals surface area contributed by atoms with Crippen LogP contribution in [-0.2, 0) is 0 Å². The van der Waals surface area contributed by atoms with Gasteiger partial charge in [-0.05, 0) is 48.7 Å². The van der Waals surface area contributed by atoms with Crippen molar-refractivity contribution in [1.82, 2.24) is 9.78 Å². The molecular formula is C17H13ClN2O2S. The highest BCUT2D eigenvalue weighted by atomic mass is 35.5. The van der Waals surface area contributed by atoms with Crippen LogP contribution in [0.3, 0.4) is 0 Å². The van der Waals surface area contributed by atoms with Crippen LogP contribution in [0.15, 0.2) is 58.7 Å². The molecule has 0 fully saturated rings. The van der Waals surface area contributed by atoms with Gasteiger partial charge in [0.25, 0.3) is 5.56 Å². The number of ketones is 1. The highest BCUT2D eigenvalue weighted by Crippen LogP contribution is 2.22. The summed E-state index contributed by atoms with van der Waals surface area (Å²) < 4.78 is 1.23. The van der Waals surface area contributed by atoms with E-state index >= 15 is 0 Å². The fourth-order valence-corrected chi connectivity index (χ4v) is 3.04. The number of hydrogen-bond acceptors (Lipinski definition) is 4. The van der Waals surface area contributed by atoms with Gasteiger partial charge in [0.15, 0.2) is 5.78 Å². The lowest BCUT2D eigenvalue weighted by atomic mass is 10.1. The SMILES string of the molecule is C[C@@H](C(=O)c1ccc(Cl)cc1)n1nc(-c2cccs2)ccc1=O. The largest absolute Gasteiger partial charge is 0.292 e. The maximum absolute atomic E-state index is 12.6. The second kappa shape index (κ2) is 6.48. The van der Waals surface area contributed by atoms with E-state index in [4.69, 9.17) is 11.6 Å². The fourth-order valence-electron chi connectivity index (χ4n) is 2.22. The number of aromatic nitrogens is 2. The predicted octanol–water partition coefficient (Wildman–Crippen LogP) is 4.07. The monoisotopic (exact) mass is 344 g/mol. The molecule has 2 heterocycles. The van der Waals surface area contributed by atoms with E-state index in [0.29, 0.717) is 16.3 Å². The molecule has 0 bridgehead atoms. The van der Waals surface area contributed by atoms with Gasteiger partial charge in [-0.15, -0.1) is 11.3 Å². The Bertz CT molecular complexity index is 886. The first-order valence-corrected chi connectivity index (χ1v) is 8.25. The molecule has 0 amide bonds. The molecule has 0 aliphatic rings. The maximum Gasteiger partial charge on any atom is 0.267 e. The van der Waals surface area contributed by atoms with Gasteiger partial charge < -0.3 is 0 Å². The normalized spacial score (nSPS) is 12.1. The third-order valence-electron chi connectivity index (χ3n) is 3.47. The first-order valence-electron chi connectivity index (χ1n) is 7.00. The molecule has 0 saturated carbocycles. The van der Waals surface area contributed by atoms with Gasteiger partial charge in [-0.1, -0.05) is 17.7 Å². The van der Waals surface area contributed by atoms with E-state index in [0.717, 1.165) is 4.88 Å². The van der Waals surface area contributed by atoms with Crippen molar-refractivity contribution in [2.24, 2.45) is 0 Å². The molecule has 3 aromatic rings. The highest BCUT2D eigenvalue weighted by molar-refractivity contribution is 7.13. The molecular weight excluding hydrogens is 332 g/mol. The number of halogens is 1. The Labute approximate surface area is 142 Å². The Morgan fingerprint density at radius 1 is 1.17 bits per heavy atom. The molecule has 6 heteroatoms. The minimum Gasteiger partial charge on any atom is -0.292 e. The van der Waals surface area contributed by atoms with Gasteiger partial charge in [-0.3, -0.25) is 9.59 Å². The molecule has 0 aliphatic heterocycles. The van der Waals surface area contributed by atoms with E-state index in [1.165, 1.54) is 22.1 Å². The lowest BCUT2D eigenvalue weighted by Crippen LogP contribution is -2.30. The van der Waals surface area contributed by atoms with Crippen LogP contribution in [-0.4, -0.2) is 15.6 Å². The van der Waals surface area contributed by atoms with Crippen molar-refractivity contribution in [3.8, 4) is 10.6 Å². The average Bonchev–Trinajstić information content (AvgIpc) is 3.09. The van der Waals surface area contributed by atoms with Gasteiger partial charge in [0, 0.05) is 16.7 Å². The van der Waals surface area contributed by atoms with Crippen LogP contribution in [0, 0.1) is 0 Å². The highest BCUT2D eigenvalue weighted by Gasteiger charge is 2.19. The molecule has 1 aromatic carbocycles. The van der Waals surface area contributed by atoms with E-state index < -0.39 is 6.04 Å². The minimum absolute atomic E-state index is 0.181. The second-order valence-corrected chi connectivity index (χ2v) is 6.41. The molecule has 2 aromatic heterocycles. The Balaban J connectivity index is 1.97. The summed E-state index contributed by atoms with van der Waals surface area (Å²) in [6.07, 6.45) is 0. The van der Waals surface area contributed by atoms with E-state index in [2.05, 4.69) is 5.10 Å². The summed E-state index contributed by atoms with van der Waals surface area (Å²) in [5.41, 5.74) is 0.868.